The Labute approximate surface area is 184 Å². The molecule has 2 aromatic rings. The molecule has 0 amide bonds. The summed E-state index contributed by atoms with van der Waals surface area (Å²) in [6.07, 6.45) is -4.70. The minimum absolute atomic E-state index is 0.0319. The van der Waals surface area contributed by atoms with Crippen LogP contribution in [0.2, 0.25) is 0 Å². The van der Waals surface area contributed by atoms with E-state index in [0.29, 0.717) is 36.4 Å². The van der Waals surface area contributed by atoms with Gasteiger partial charge in [-0.05, 0) is 54.6 Å². The molecule has 1 aliphatic heterocycles. The van der Waals surface area contributed by atoms with Gasteiger partial charge in [0.15, 0.2) is 0 Å². The number of hydrogen-bond donors (Lipinski definition) is 2. The smallest absolute Gasteiger partial charge is 0.416 e. The normalized spacial score (nSPS) is 15.7. The number of carboxylic acids is 1. The Bertz CT molecular complexity index is 1060. The zero-order chi connectivity index (χ0) is 23.5. The Kier molecular flexibility index (Phi) is 7.11. The van der Waals surface area contributed by atoms with Gasteiger partial charge in [-0.15, -0.1) is 0 Å². The number of nitrogens with one attached hydrogen (secondary N) is 1. The molecule has 0 saturated carbocycles. The van der Waals surface area contributed by atoms with Crippen LogP contribution in [-0.2, 0) is 34.0 Å². The highest BCUT2D eigenvalue weighted by molar-refractivity contribution is 7.89. The lowest BCUT2D eigenvalue weighted by atomic mass is 10.1. The second-order valence-corrected chi connectivity index (χ2v) is 9.46. The minimum atomic E-state index is -4.41. The van der Waals surface area contributed by atoms with Crippen LogP contribution >= 0.6 is 0 Å². The van der Waals surface area contributed by atoms with Crippen molar-refractivity contribution < 1.29 is 31.5 Å². The van der Waals surface area contributed by atoms with Crippen LogP contribution in [0.3, 0.4) is 0 Å². The number of carbonyl (C=O) groups is 1. The molecule has 0 spiro atoms. The Hall–Kier alpha value is -2.63. The Balaban J connectivity index is 1.75. The highest BCUT2D eigenvalue weighted by Gasteiger charge is 2.32. The fourth-order valence-electron chi connectivity index (χ4n) is 3.66. The largest absolute Gasteiger partial charge is 0.481 e. The fourth-order valence-corrected chi connectivity index (χ4v) is 5.20. The van der Waals surface area contributed by atoms with Crippen molar-refractivity contribution in [2.24, 2.45) is 0 Å². The summed E-state index contributed by atoms with van der Waals surface area (Å²) in [5.41, 5.74) is 0.913. The number of hydrogen-bond acceptors (Lipinski definition) is 5. The van der Waals surface area contributed by atoms with E-state index in [2.05, 4.69) is 5.32 Å². The maximum absolute atomic E-state index is 13.2. The van der Waals surface area contributed by atoms with Crippen LogP contribution in [0.15, 0.2) is 47.4 Å². The van der Waals surface area contributed by atoms with Gasteiger partial charge in [-0.2, -0.15) is 17.5 Å². The van der Waals surface area contributed by atoms with E-state index in [1.807, 2.05) is 4.90 Å². The van der Waals surface area contributed by atoms with Crippen LogP contribution in [0.1, 0.15) is 16.7 Å². The number of benzene rings is 2. The summed E-state index contributed by atoms with van der Waals surface area (Å²) in [7, 11) is -2.15. The number of aliphatic carboxylic acids is 1. The third kappa shape index (κ3) is 5.59. The van der Waals surface area contributed by atoms with E-state index < -0.39 is 27.7 Å². The van der Waals surface area contributed by atoms with Gasteiger partial charge in [0.1, 0.15) is 0 Å². The zero-order valence-electron chi connectivity index (χ0n) is 17.4. The van der Waals surface area contributed by atoms with Gasteiger partial charge < -0.3 is 15.3 Å². The van der Waals surface area contributed by atoms with Crippen molar-refractivity contribution in [3.05, 3.63) is 59.2 Å². The Morgan fingerprint density at radius 3 is 2.16 bits per heavy atom. The lowest BCUT2D eigenvalue weighted by Crippen LogP contribution is -2.48. The van der Waals surface area contributed by atoms with E-state index in [1.54, 1.807) is 13.1 Å². The minimum Gasteiger partial charge on any atom is -0.481 e. The van der Waals surface area contributed by atoms with Crippen molar-refractivity contribution in [1.82, 2.24) is 9.62 Å². The molecular formula is C21H24F3N3O4S. The molecule has 0 aromatic heterocycles. The average Bonchev–Trinajstić information content (AvgIpc) is 2.73. The fraction of sp³-hybridized carbons (Fsp3) is 0.381. The van der Waals surface area contributed by atoms with E-state index >= 15 is 0 Å². The van der Waals surface area contributed by atoms with Crippen molar-refractivity contribution in [2.75, 3.05) is 38.1 Å². The Morgan fingerprint density at radius 1 is 1.03 bits per heavy atom. The van der Waals surface area contributed by atoms with Crippen LogP contribution < -0.4 is 10.2 Å². The average molecular weight is 472 g/mol. The highest BCUT2D eigenvalue weighted by Crippen LogP contribution is 2.31. The highest BCUT2D eigenvalue weighted by atomic mass is 32.2. The van der Waals surface area contributed by atoms with Crippen molar-refractivity contribution in [1.29, 1.82) is 0 Å². The second-order valence-electron chi connectivity index (χ2n) is 7.52. The summed E-state index contributed by atoms with van der Waals surface area (Å²) in [6.45, 7) is 1.35. The SMILES string of the molecule is CNCc1cc(CC(=O)O)cc(S(=O)(=O)N2CCN(c3ccc(C(F)(F)F)cc3)CC2)c1. The summed E-state index contributed by atoms with van der Waals surface area (Å²) < 4.78 is 66.0. The number of rotatable bonds is 7. The van der Waals surface area contributed by atoms with Crippen LogP contribution in [0, 0.1) is 0 Å². The summed E-state index contributed by atoms with van der Waals surface area (Å²) in [5, 5.41) is 12.0. The van der Waals surface area contributed by atoms with Gasteiger partial charge in [-0.3, -0.25) is 4.79 Å². The van der Waals surface area contributed by atoms with Gasteiger partial charge in [0.2, 0.25) is 10.0 Å². The molecular weight excluding hydrogens is 447 g/mol. The topological polar surface area (TPSA) is 89.9 Å². The number of carboxylic acid groups (broad SMARTS) is 1. The molecule has 1 heterocycles. The molecule has 1 saturated heterocycles. The van der Waals surface area contributed by atoms with Crippen molar-refractivity contribution >= 4 is 21.7 Å². The molecule has 2 aromatic carbocycles. The van der Waals surface area contributed by atoms with Crippen LogP contribution in [0.5, 0.6) is 0 Å². The summed E-state index contributed by atoms with van der Waals surface area (Å²) in [6, 6.07) is 9.35. The van der Waals surface area contributed by atoms with Crippen LogP contribution in [-0.4, -0.2) is 57.0 Å². The number of nitrogens with zero attached hydrogens (tertiary/aromatic N) is 2. The quantitative estimate of drug-likeness (QED) is 0.645. The second kappa shape index (κ2) is 9.47. The van der Waals surface area contributed by atoms with E-state index in [9.17, 15) is 26.4 Å². The lowest BCUT2D eigenvalue weighted by molar-refractivity contribution is -0.138. The first-order chi connectivity index (χ1) is 15.0. The van der Waals surface area contributed by atoms with Crippen LogP contribution in [0.4, 0.5) is 18.9 Å². The molecule has 174 valence electrons. The van der Waals surface area contributed by atoms with Gasteiger partial charge in [-0.25, -0.2) is 8.42 Å². The Morgan fingerprint density at radius 2 is 1.62 bits per heavy atom. The van der Waals surface area contributed by atoms with E-state index in [-0.39, 0.29) is 24.4 Å². The monoisotopic (exact) mass is 471 g/mol. The number of anilines is 1. The standard InChI is InChI=1S/C21H24F3N3O4S/c1-25-14-16-10-15(13-20(28)29)11-19(12-16)32(30,31)27-8-6-26(7-9-27)18-4-2-17(3-5-18)21(22,23)24/h2-5,10-12,25H,6-9,13-14H2,1H3,(H,28,29). The molecule has 0 aliphatic carbocycles. The van der Waals surface area contributed by atoms with Gasteiger partial charge in [0.25, 0.3) is 0 Å². The van der Waals surface area contributed by atoms with Gasteiger partial charge >= 0.3 is 12.1 Å². The number of halogens is 3. The first kappa shape index (κ1) is 24.0. The van der Waals surface area contributed by atoms with Crippen molar-refractivity contribution in [3.63, 3.8) is 0 Å². The van der Waals surface area contributed by atoms with Crippen LogP contribution in [0.25, 0.3) is 0 Å². The summed E-state index contributed by atoms with van der Waals surface area (Å²) in [5.74, 6) is -1.06. The molecule has 3 rings (SSSR count). The predicted molar refractivity (Wildman–Crippen MR) is 113 cm³/mol. The predicted octanol–water partition coefficient (Wildman–Crippen LogP) is 2.56. The number of piperazine rings is 1. The molecule has 1 aliphatic rings. The molecule has 0 radical (unpaired) electrons. The number of alkyl halides is 3. The molecule has 2 N–H and O–H groups in total. The maximum Gasteiger partial charge on any atom is 0.416 e. The first-order valence-corrected chi connectivity index (χ1v) is 11.4. The molecule has 7 nitrogen and oxygen atoms in total. The molecule has 0 atom stereocenters. The maximum atomic E-state index is 13.2. The molecule has 0 bridgehead atoms. The molecule has 32 heavy (non-hydrogen) atoms. The van der Waals surface area contributed by atoms with Crippen molar-refractivity contribution in [2.45, 2.75) is 24.0 Å². The van der Waals surface area contributed by atoms with E-state index in [0.717, 1.165) is 12.1 Å². The summed E-state index contributed by atoms with van der Waals surface area (Å²) in [4.78, 5) is 13.0. The van der Waals surface area contributed by atoms with E-state index in [4.69, 9.17) is 5.11 Å². The van der Waals surface area contributed by atoms with Crippen molar-refractivity contribution in [3.8, 4) is 0 Å². The first-order valence-electron chi connectivity index (χ1n) is 9.92. The van der Waals surface area contributed by atoms with Gasteiger partial charge in [0, 0.05) is 38.4 Å². The van der Waals surface area contributed by atoms with Gasteiger partial charge in [0.05, 0.1) is 16.9 Å². The molecule has 0 unspecified atom stereocenters. The molecule has 11 heteroatoms. The zero-order valence-corrected chi connectivity index (χ0v) is 18.2. The molecule has 1 fully saturated rings. The number of sulfonamides is 1. The third-order valence-corrected chi connectivity index (χ3v) is 7.07. The lowest BCUT2D eigenvalue weighted by Gasteiger charge is -2.35. The summed E-state index contributed by atoms with van der Waals surface area (Å²) >= 11 is 0. The van der Waals surface area contributed by atoms with E-state index in [1.165, 1.54) is 28.6 Å². The van der Waals surface area contributed by atoms with Gasteiger partial charge in [-0.1, -0.05) is 6.07 Å². The third-order valence-electron chi connectivity index (χ3n) is 5.20.